The fourth-order valence-electron chi connectivity index (χ4n) is 4.21. The van der Waals surface area contributed by atoms with Gasteiger partial charge in [-0.05, 0) is 29.5 Å². The number of nitrogens with zero attached hydrogens (tertiary/aromatic N) is 1. The number of hydrogen-bond acceptors (Lipinski definition) is 5. The average molecular weight is 460 g/mol. The second-order valence-electron chi connectivity index (χ2n) is 8.57. The van der Waals surface area contributed by atoms with Gasteiger partial charge in [0.15, 0.2) is 6.10 Å². The van der Waals surface area contributed by atoms with Crippen LogP contribution in [-0.2, 0) is 20.9 Å². The number of rotatable bonds is 6. The minimum Gasteiger partial charge on any atom is -0.451 e. The number of aliphatic hydroxyl groups is 1. The van der Waals surface area contributed by atoms with Crippen LogP contribution in [0.4, 0.5) is 4.79 Å². The summed E-state index contributed by atoms with van der Waals surface area (Å²) in [4.78, 5) is 27.5. The molecule has 0 aromatic heterocycles. The second-order valence-corrected chi connectivity index (χ2v) is 8.57. The van der Waals surface area contributed by atoms with Gasteiger partial charge in [0, 0.05) is 5.92 Å². The lowest BCUT2D eigenvalue weighted by Crippen LogP contribution is -2.56. The van der Waals surface area contributed by atoms with Crippen molar-refractivity contribution in [1.29, 1.82) is 0 Å². The number of hydrogen-bond donors (Lipinski definition) is 1. The number of carbonyl (C=O) groups excluding carboxylic acids is 2. The number of likely N-dealkylation sites (tertiary alicyclic amines) is 1. The lowest BCUT2D eigenvalue weighted by molar-refractivity contribution is -0.164. The zero-order chi connectivity index (χ0) is 23.9. The molecule has 0 spiro atoms. The highest BCUT2D eigenvalue weighted by Gasteiger charge is 2.43. The lowest BCUT2D eigenvalue weighted by Gasteiger charge is -2.40. The molecule has 1 aliphatic rings. The van der Waals surface area contributed by atoms with E-state index in [0.29, 0.717) is 12.8 Å². The summed E-state index contributed by atoms with van der Waals surface area (Å²) in [5.74, 6) is -0.757. The van der Waals surface area contributed by atoms with Gasteiger partial charge in [-0.2, -0.15) is 0 Å². The van der Waals surface area contributed by atoms with Gasteiger partial charge >= 0.3 is 12.1 Å². The van der Waals surface area contributed by atoms with Crippen LogP contribution in [0.1, 0.15) is 42.6 Å². The van der Waals surface area contributed by atoms with Crippen LogP contribution in [0.15, 0.2) is 91.0 Å². The van der Waals surface area contributed by atoms with Crippen molar-refractivity contribution in [3.63, 3.8) is 0 Å². The number of piperidine rings is 1. The third-order valence-corrected chi connectivity index (χ3v) is 6.15. The molecule has 1 unspecified atom stereocenters. The lowest BCUT2D eigenvalue weighted by atomic mass is 9.92. The van der Waals surface area contributed by atoms with E-state index >= 15 is 0 Å². The summed E-state index contributed by atoms with van der Waals surface area (Å²) in [6.07, 6.45) is -1.53. The Morgan fingerprint density at radius 3 is 1.97 bits per heavy atom. The maximum absolute atomic E-state index is 13.4. The van der Waals surface area contributed by atoms with Crippen LogP contribution in [0.5, 0.6) is 0 Å². The standard InChI is InChI=1S/C28H29NO5/c1-20-17-18-24(29(26(20)30)28(32)33-19-21-11-5-2-6-12-21)27(31)34-25(22-13-7-3-8-14-22)23-15-9-4-10-16-23/h2-16,20,24-26,30H,17-19H2,1H3/t20-,24+,26?/m1/s1. The van der Waals surface area contributed by atoms with E-state index in [1.54, 1.807) is 0 Å². The van der Waals surface area contributed by atoms with Gasteiger partial charge in [0.05, 0.1) is 0 Å². The molecule has 176 valence electrons. The highest BCUT2D eigenvalue weighted by Crippen LogP contribution is 2.32. The van der Waals surface area contributed by atoms with Gasteiger partial charge in [-0.3, -0.25) is 4.90 Å². The number of carbonyl (C=O) groups is 2. The second kappa shape index (κ2) is 11.0. The van der Waals surface area contributed by atoms with Crippen LogP contribution >= 0.6 is 0 Å². The normalized spacial score (nSPS) is 20.1. The Balaban J connectivity index is 1.54. The Labute approximate surface area is 199 Å². The largest absolute Gasteiger partial charge is 0.451 e. The summed E-state index contributed by atoms with van der Waals surface area (Å²) in [6, 6.07) is 27.3. The fraction of sp³-hybridized carbons (Fsp3) is 0.286. The zero-order valence-electron chi connectivity index (χ0n) is 19.1. The Bertz CT molecular complexity index is 1030. The monoisotopic (exact) mass is 459 g/mol. The van der Waals surface area contributed by atoms with Gasteiger partial charge in [0.1, 0.15) is 18.9 Å². The van der Waals surface area contributed by atoms with Crippen LogP contribution < -0.4 is 0 Å². The molecule has 0 radical (unpaired) electrons. The molecule has 4 rings (SSSR count). The minimum atomic E-state index is -1.14. The number of ether oxygens (including phenoxy) is 2. The van der Waals surface area contributed by atoms with Gasteiger partial charge < -0.3 is 14.6 Å². The molecule has 1 fully saturated rings. The number of benzene rings is 3. The molecule has 0 saturated carbocycles. The topological polar surface area (TPSA) is 76.1 Å². The Hall–Kier alpha value is -3.64. The van der Waals surface area contributed by atoms with Gasteiger partial charge in [0.25, 0.3) is 0 Å². The first-order valence-corrected chi connectivity index (χ1v) is 11.5. The van der Waals surface area contributed by atoms with E-state index in [9.17, 15) is 14.7 Å². The van der Waals surface area contributed by atoms with Crippen molar-refractivity contribution in [2.24, 2.45) is 5.92 Å². The van der Waals surface area contributed by atoms with Crippen LogP contribution in [0.25, 0.3) is 0 Å². The molecule has 1 N–H and O–H groups in total. The zero-order valence-corrected chi connectivity index (χ0v) is 19.1. The maximum Gasteiger partial charge on any atom is 0.412 e. The molecular weight excluding hydrogens is 430 g/mol. The molecule has 1 saturated heterocycles. The predicted octanol–water partition coefficient (Wildman–Crippen LogP) is 5.07. The van der Waals surface area contributed by atoms with Crippen molar-refractivity contribution < 1.29 is 24.2 Å². The van der Waals surface area contributed by atoms with E-state index in [1.165, 1.54) is 0 Å². The van der Waals surface area contributed by atoms with E-state index in [0.717, 1.165) is 21.6 Å². The molecule has 0 bridgehead atoms. The summed E-state index contributed by atoms with van der Waals surface area (Å²) < 4.78 is 11.4. The van der Waals surface area contributed by atoms with E-state index in [4.69, 9.17) is 9.47 Å². The number of esters is 1. The quantitative estimate of drug-likeness (QED) is 0.521. The first kappa shape index (κ1) is 23.5. The molecule has 6 nitrogen and oxygen atoms in total. The number of aliphatic hydroxyl groups excluding tert-OH is 1. The van der Waals surface area contributed by atoms with Crippen LogP contribution in [0, 0.1) is 5.92 Å². The first-order valence-electron chi connectivity index (χ1n) is 11.5. The Morgan fingerprint density at radius 2 is 1.41 bits per heavy atom. The molecule has 3 atom stereocenters. The van der Waals surface area contributed by atoms with Crippen molar-refractivity contribution in [3.8, 4) is 0 Å². The highest BCUT2D eigenvalue weighted by molar-refractivity contribution is 5.82. The van der Waals surface area contributed by atoms with Crippen molar-refractivity contribution in [1.82, 2.24) is 4.90 Å². The van der Waals surface area contributed by atoms with Crippen molar-refractivity contribution in [2.75, 3.05) is 0 Å². The van der Waals surface area contributed by atoms with E-state index in [1.807, 2.05) is 97.9 Å². The fourth-order valence-corrected chi connectivity index (χ4v) is 4.21. The number of amides is 1. The van der Waals surface area contributed by atoms with E-state index < -0.39 is 30.4 Å². The molecule has 0 aliphatic carbocycles. The summed E-state index contributed by atoms with van der Waals surface area (Å²) in [5.41, 5.74) is 2.47. The SMILES string of the molecule is C[C@@H]1CC[C@@H](C(=O)OC(c2ccccc2)c2ccccc2)N(C(=O)OCc2ccccc2)C1O. The van der Waals surface area contributed by atoms with Crippen molar-refractivity contribution >= 4 is 12.1 Å². The average Bonchev–Trinajstić information content (AvgIpc) is 2.88. The summed E-state index contributed by atoms with van der Waals surface area (Å²) in [7, 11) is 0. The molecule has 1 amide bonds. The van der Waals surface area contributed by atoms with Crippen LogP contribution in [-0.4, -0.2) is 34.3 Å². The van der Waals surface area contributed by atoms with Gasteiger partial charge in [-0.1, -0.05) is 97.9 Å². The highest BCUT2D eigenvalue weighted by atomic mass is 16.6. The van der Waals surface area contributed by atoms with E-state index in [-0.39, 0.29) is 12.5 Å². The van der Waals surface area contributed by atoms with Gasteiger partial charge in [0.2, 0.25) is 0 Å². The summed E-state index contributed by atoms with van der Waals surface area (Å²) in [5, 5.41) is 10.8. The van der Waals surface area contributed by atoms with Crippen LogP contribution in [0.3, 0.4) is 0 Å². The Morgan fingerprint density at radius 1 is 0.882 bits per heavy atom. The van der Waals surface area contributed by atoms with Crippen molar-refractivity contribution in [2.45, 2.75) is 44.7 Å². The molecule has 3 aromatic carbocycles. The maximum atomic E-state index is 13.4. The van der Waals surface area contributed by atoms with Gasteiger partial charge in [-0.15, -0.1) is 0 Å². The summed E-state index contributed by atoms with van der Waals surface area (Å²) >= 11 is 0. The molecule has 6 heteroatoms. The molecule has 1 heterocycles. The first-order chi connectivity index (χ1) is 16.5. The molecule has 34 heavy (non-hydrogen) atoms. The van der Waals surface area contributed by atoms with Gasteiger partial charge in [-0.25, -0.2) is 9.59 Å². The van der Waals surface area contributed by atoms with E-state index in [2.05, 4.69) is 0 Å². The summed E-state index contributed by atoms with van der Waals surface area (Å²) in [6.45, 7) is 1.90. The minimum absolute atomic E-state index is 0.0513. The third kappa shape index (κ3) is 5.46. The van der Waals surface area contributed by atoms with Crippen LogP contribution in [0.2, 0.25) is 0 Å². The molecule has 3 aromatic rings. The smallest absolute Gasteiger partial charge is 0.412 e. The third-order valence-electron chi connectivity index (χ3n) is 6.15. The Kier molecular flexibility index (Phi) is 7.60. The molecule has 1 aliphatic heterocycles. The van der Waals surface area contributed by atoms with Crippen molar-refractivity contribution in [3.05, 3.63) is 108 Å². The molecular formula is C28H29NO5. The predicted molar refractivity (Wildman–Crippen MR) is 127 cm³/mol.